The van der Waals surface area contributed by atoms with Gasteiger partial charge in [-0.15, -0.1) is 0 Å². The molecule has 0 bridgehead atoms. The average Bonchev–Trinajstić information content (AvgIpc) is 2.36. The molecule has 0 aliphatic heterocycles. The molecule has 21 heavy (non-hydrogen) atoms. The molecule has 0 aliphatic rings. The quantitative estimate of drug-likeness (QED) is 0.941. The minimum absolute atomic E-state index is 0.0319. The van der Waals surface area contributed by atoms with Crippen molar-refractivity contribution >= 4 is 26.4 Å². The number of hydrogen-bond acceptors (Lipinski definition) is 4. The molecule has 114 valence electrons. The summed E-state index contributed by atoms with van der Waals surface area (Å²) in [5.41, 5.74) is -0.589. The molecule has 0 atom stereocenters. The third kappa shape index (κ3) is 4.07. The third-order valence-corrected chi connectivity index (χ3v) is 3.74. The lowest BCUT2D eigenvalue weighted by molar-refractivity contribution is -0.140. The molecule has 0 fully saturated rings. The summed E-state index contributed by atoms with van der Waals surface area (Å²) < 4.78 is 60.6. The van der Waals surface area contributed by atoms with E-state index in [1.807, 2.05) is 0 Å². The molecule has 1 heterocycles. The summed E-state index contributed by atoms with van der Waals surface area (Å²) in [6.07, 6.45) is -3.49. The highest BCUT2D eigenvalue weighted by Crippen LogP contribution is 2.32. The van der Waals surface area contributed by atoms with Crippen molar-refractivity contribution in [2.75, 3.05) is 23.9 Å². The SMILES string of the molecule is CS(=O)(=O)CCNc1cc(C(F)(F)F)nc2ccccc12. The van der Waals surface area contributed by atoms with Crippen molar-refractivity contribution in [3.8, 4) is 0 Å². The van der Waals surface area contributed by atoms with Gasteiger partial charge in [0.15, 0.2) is 0 Å². The molecule has 0 aliphatic carbocycles. The van der Waals surface area contributed by atoms with Crippen molar-refractivity contribution in [1.29, 1.82) is 0 Å². The monoisotopic (exact) mass is 318 g/mol. The molecule has 1 N–H and O–H groups in total. The summed E-state index contributed by atoms with van der Waals surface area (Å²) in [5, 5.41) is 3.25. The van der Waals surface area contributed by atoms with Crippen LogP contribution in [-0.2, 0) is 16.0 Å². The molecule has 0 saturated heterocycles. The summed E-state index contributed by atoms with van der Waals surface area (Å²) in [7, 11) is -3.19. The predicted octanol–water partition coefficient (Wildman–Crippen LogP) is 2.71. The van der Waals surface area contributed by atoms with Crippen LogP contribution in [0.15, 0.2) is 30.3 Å². The largest absolute Gasteiger partial charge is 0.433 e. The van der Waals surface area contributed by atoms with E-state index in [9.17, 15) is 21.6 Å². The second kappa shape index (κ2) is 5.51. The molecule has 0 saturated carbocycles. The van der Waals surface area contributed by atoms with Crippen molar-refractivity contribution in [1.82, 2.24) is 4.98 Å². The minimum atomic E-state index is -4.56. The lowest BCUT2D eigenvalue weighted by atomic mass is 10.1. The second-order valence-electron chi connectivity index (χ2n) is 4.63. The Labute approximate surface area is 119 Å². The molecule has 2 rings (SSSR count). The Bertz CT molecular complexity index is 758. The molecule has 0 unspecified atom stereocenters. The number of benzene rings is 1. The van der Waals surface area contributed by atoms with Gasteiger partial charge in [0.2, 0.25) is 0 Å². The summed E-state index contributed by atoms with van der Waals surface area (Å²) in [6, 6.07) is 7.27. The van der Waals surface area contributed by atoms with Crippen molar-refractivity contribution in [3.63, 3.8) is 0 Å². The molecule has 1 aromatic carbocycles. The fourth-order valence-corrected chi connectivity index (χ4v) is 2.31. The Hall–Kier alpha value is -1.83. The number of nitrogens with one attached hydrogen (secondary N) is 1. The molecule has 4 nitrogen and oxygen atoms in total. The number of anilines is 1. The summed E-state index contributed by atoms with van der Waals surface area (Å²) in [5.74, 6) is -0.162. The van der Waals surface area contributed by atoms with Crippen molar-refractivity contribution in [2.45, 2.75) is 6.18 Å². The number of pyridine rings is 1. The standard InChI is InChI=1S/C13H13F3N2O2S/c1-21(19,20)7-6-17-11-8-12(13(14,15)16)18-10-5-3-2-4-9(10)11/h2-5,8H,6-7H2,1H3,(H,17,18). The first-order valence-corrected chi connectivity index (χ1v) is 8.11. The summed E-state index contributed by atoms with van der Waals surface area (Å²) >= 11 is 0. The molecular weight excluding hydrogens is 305 g/mol. The lowest BCUT2D eigenvalue weighted by Gasteiger charge is -2.13. The Balaban J connectivity index is 2.40. The van der Waals surface area contributed by atoms with Crippen LogP contribution < -0.4 is 5.32 Å². The van der Waals surface area contributed by atoms with Crippen LogP contribution in [0.2, 0.25) is 0 Å². The molecule has 0 spiro atoms. The van der Waals surface area contributed by atoms with Crippen LogP contribution in [-0.4, -0.2) is 32.0 Å². The number of sulfone groups is 1. The van der Waals surface area contributed by atoms with E-state index < -0.39 is 21.7 Å². The Morgan fingerprint density at radius 2 is 1.90 bits per heavy atom. The number of para-hydroxylation sites is 1. The summed E-state index contributed by atoms with van der Waals surface area (Å²) in [4.78, 5) is 3.58. The maximum absolute atomic E-state index is 12.8. The van der Waals surface area contributed by atoms with Crippen molar-refractivity contribution < 1.29 is 21.6 Å². The number of halogens is 3. The van der Waals surface area contributed by atoms with Crippen LogP contribution in [0.5, 0.6) is 0 Å². The van der Waals surface area contributed by atoms with Crippen molar-refractivity contribution in [3.05, 3.63) is 36.0 Å². The van der Waals surface area contributed by atoms with Gasteiger partial charge in [-0.1, -0.05) is 18.2 Å². The van der Waals surface area contributed by atoms with E-state index in [1.165, 1.54) is 6.07 Å². The number of fused-ring (bicyclic) bond motifs is 1. The smallest absolute Gasteiger partial charge is 0.383 e. The average molecular weight is 318 g/mol. The van der Waals surface area contributed by atoms with Crippen molar-refractivity contribution in [2.24, 2.45) is 0 Å². The first-order chi connectivity index (χ1) is 9.67. The molecule has 0 radical (unpaired) electrons. The Kier molecular flexibility index (Phi) is 4.08. The van der Waals surface area contributed by atoms with Crippen LogP contribution in [0.1, 0.15) is 5.69 Å². The van der Waals surface area contributed by atoms with Crippen LogP contribution in [0.3, 0.4) is 0 Å². The zero-order valence-electron chi connectivity index (χ0n) is 11.1. The van der Waals surface area contributed by atoms with Gasteiger partial charge in [0.05, 0.1) is 11.3 Å². The first-order valence-electron chi connectivity index (χ1n) is 6.05. The molecule has 8 heteroatoms. The van der Waals surface area contributed by atoms with Gasteiger partial charge in [-0.2, -0.15) is 13.2 Å². The highest BCUT2D eigenvalue weighted by atomic mass is 32.2. The van der Waals surface area contributed by atoms with E-state index >= 15 is 0 Å². The van der Waals surface area contributed by atoms with E-state index in [0.29, 0.717) is 5.39 Å². The Morgan fingerprint density at radius 3 is 2.52 bits per heavy atom. The highest BCUT2D eigenvalue weighted by molar-refractivity contribution is 7.90. The zero-order chi connectivity index (χ0) is 15.7. The predicted molar refractivity (Wildman–Crippen MR) is 74.9 cm³/mol. The van der Waals surface area contributed by atoms with E-state index in [4.69, 9.17) is 0 Å². The van der Waals surface area contributed by atoms with E-state index in [0.717, 1.165) is 12.3 Å². The van der Waals surface area contributed by atoms with Gasteiger partial charge in [-0.3, -0.25) is 0 Å². The maximum Gasteiger partial charge on any atom is 0.433 e. The molecule has 2 aromatic rings. The topological polar surface area (TPSA) is 59.1 Å². The van der Waals surface area contributed by atoms with Gasteiger partial charge in [-0.25, -0.2) is 13.4 Å². The molecule has 1 aromatic heterocycles. The fourth-order valence-electron chi connectivity index (χ4n) is 1.84. The first kappa shape index (κ1) is 15.6. The van der Waals surface area contributed by atoms with E-state index in [2.05, 4.69) is 10.3 Å². The van der Waals surface area contributed by atoms with Gasteiger partial charge >= 0.3 is 6.18 Å². The highest BCUT2D eigenvalue weighted by Gasteiger charge is 2.33. The number of hydrogen-bond donors (Lipinski definition) is 1. The van der Waals surface area contributed by atoms with Crippen LogP contribution in [0, 0.1) is 0 Å². The number of aromatic nitrogens is 1. The number of rotatable bonds is 4. The van der Waals surface area contributed by atoms with Gasteiger partial charge in [0.1, 0.15) is 15.5 Å². The van der Waals surface area contributed by atoms with Gasteiger partial charge < -0.3 is 5.32 Å². The zero-order valence-corrected chi connectivity index (χ0v) is 11.9. The second-order valence-corrected chi connectivity index (χ2v) is 6.89. The van der Waals surface area contributed by atoms with Crippen LogP contribution in [0.4, 0.5) is 18.9 Å². The normalized spacial score (nSPS) is 12.6. The van der Waals surface area contributed by atoms with Gasteiger partial charge in [-0.05, 0) is 12.1 Å². The summed E-state index contributed by atoms with van der Waals surface area (Å²) in [6.45, 7) is 0.0319. The van der Waals surface area contributed by atoms with Crippen LogP contribution in [0.25, 0.3) is 10.9 Å². The van der Waals surface area contributed by atoms with Gasteiger partial charge in [0.25, 0.3) is 0 Å². The Morgan fingerprint density at radius 1 is 1.24 bits per heavy atom. The number of nitrogens with zero attached hydrogens (tertiary/aromatic N) is 1. The molecule has 0 amide bonds. The molecular formula is C13H13F3N2O2S. The van der Waals surface area contributed by atoms with Crippen LogP contribution >= 0.6 is 0 Å². The van der Waals surface area contributed by atoms with Gasteiger partial charge in [0, 0.05) is 23.9 Å². The fraction of sp³-hybridized carbons (Fsp3) is 0.308. The van der Waals surface area contributed by atoms with E-state index in [-0.39, 0.29) is 23.5 Å². The van der Waals surface area contributed by atoms with E-state index in [1.54, 1.807) is 18.2 Å². The minimum Gasteiger partial charge on any atom is -0.383 e. The lowest BCUT2D eigenvalue weighted by Crippen LogP contribution is -2.15. The number of alkyl halides is 3. The maximum atomic E-state index is 12.8. The third-order valence-electron chi connectivity index (χ3n) is 2.79.